The molecule has 0 aliphatic carbocycles. The van der Waals surface area contributed by atoms with Crippen LogP contribution < -0.4 is 11.1 Å². The minimum atomic E-state index is -0.556. The molecule has 0 spiro atoms. The number of anilines is 1. The molecule has 0 aliphatic rings. The van der Waals surface area contributed by atoms with E-state index in [1.54, 1.807) is 0 Å². The zero-order valence-corrected chi connectivity index (χ0v) is 13.4. The number of aryl methyl sites for hydroxylation is 3. The summed E-state index contributed by atoms with van der Waals surface area (Å²) in [4.78, 5) is 4.23. The van der Waals surface area contributed by atoms with Gasteiger partial charge in [0.1, 0.15) is 11.6 Å². The fourth-order valence-corrected chi connectivity index (χ4v) is 2.47. The average molecular weight is 317 g/mol. The SMILES string of the molecule is Cc1cc(C)cc(NC(N)=NCCCc2cc(F)cc(F)c2)c1. The van der Waals surface area contributed by atoms with Crippen molar-refractivity contribution in [3.05, 3.63) is 64.7 Å². The molecule has 2 aromatic rings. The molecule has 23 heavy (non-hydrogen) atoms. The summed E-state index contributed by atoms with van der Waals surface area (Å²) in [5, 5.41) is 3.05. The number of nitrogens with one attached hydrogen (secondary N) is 1. The predicted octanol–water partition coefficient (Wildman–Crippen LogP) is 3.94. The number of nitrogens with two attached hydrogens (primary N) is 1. The van der Waals surface area contributed by atoms with Gasteiger partial charge in [-0.3, -0.25) is 4.99 Å². The van der Waals surface area contributed by atoms with Crippen molar-refractivity contribution in [2.24, 2.45) is 10.7 Å². The minimum absolute atomic E-state index is 0.334. The van der Waals surface area contributed by atoms with Gasteiger partial charge < -0.3 is 11.1 Å². The van der Waals surface area contributed by atoms with Gasteiger partial charge in [-0.15, -0.1) is 0 Å². The lowest BCUT2D eigenvalue weighted by atomic mass is 10.1. The van der Waals surface area contributed by atoms with Crippen LogP contribution in [0.5, 0.6) is 0 Å². The second kappa shape index (κ2) is 7.72. The van der Waals surface area contributed by atoms with Crippen molar-refractivity contribution in [3.8, 4) is 0 Å². The van der Waals surface area contributed by atoms with E-state index in [4.69, 9.17) is 5.73 Å². The van der Waals surface area contributed by atoms with Gasteiger partial charge >= 0.3 is 0 Å². The van der Waals surface area contributed by atoms with Crippen LogP contribution in [-0.4, -0.2) is 12.5 Å². The molecule has 0 aromatic heterocycles. The third kappa shape index (κ3) is 5.70. The highest BCUT2D eigenvalue weighted by Gasteiger charge is 2.01. The molecule has 0 heterocycles. The van der Waals surface area contributed by atoms with Crippen LogP contribution in [0.2, 0.25) is 0 Å². The van der Waals surface area contributed by atoms with Gasteiger partial charge in [0.2, 0.25) is 0 Å². The number of halogens is 2. The molecular formula is C18H21F2N3. The van der Waals surface area contributed by atoms with Crippen molar-refractivity contribution in [2.45, 2.75) is 26.7 Å². The van der Waals surface area contributed by atoms with Gasteiger partial charge in [0.25, 0.3) is 0 Å². The van der Waals surface area contributed by atoms with Crippen LogP contribution in [0.3, 0.4) is 0 Å². The smallest absolute Gasteiger partial charge is 0.193 e. The van der Waals surface area contributed by atoms with Crippen LogP contribution in [0.15, 0.2) is 41.4 Å². The van der Waals surface area contributed by atoms with E-state index in [1.165, 1.54) is 12.1 Å². The summed E-state index contributed by atoms with van der Waals surface area (Å²) >= 11 is 0. The van der Waals surface area contributed by atoms with Crippen molar-refractivity contribution < 1.29 is 8.78 Å². The molecule has 0 amide bonds. The Labute approximate surface area is 135 Å². The number of benzene rings is 2. The normalized spacial score (nSPS) is 11.6. The minimum Gasteiger partial charge on any atom is -0.370 e. The van der Waals surface area contributed by atoms with E-state index in [0.29, 0.717) is 30.9 Å². The molecule has 122 valence electrons. The Morgan fingerprint density at radius 3 is 2.22 bits per heavy atom. The second-order valence-corrected chi connectivity index (χ2v) is 5.65. The van der Waals surface area contributed by atoms with E-state index < -0.39 is 11.6 Å². The second-order valence-electron chi connectivity index (χ2n) is 5.65. The molecule has 0 fully saturated rings. The average Bonchev–Trinajstić information content (AvgIpc) is 2.41. The molecule has 0 bridgehead atoms. The highest BCUT2D eigenvalue weighted by Crippen LogP contribution is 2.13. The van der Waals surface area contributed by atoms with Crippen molar-refractivity contribution in [2.75, 3.05) is 11.9 Å². The fraction of sp³-hybridized carbons (Fsp3) is 0.278. The molecule has 0 radical (unpaired) electrons. The van der Waals surface area contributed by atoms with E-state index in [9.17, 15) is 8.78 Å². The number of hydrogen-bond donors (Lipinski definition) is 2. The summed E-state index contributed by atoms with van der Waals surface area (Å²) in [5.74, 6) is -0.778. The Morgan fingerprint density at radius 1 is 1.00 bits per heavy atom. The van der Waals surface area contributed by atoms with Gasteiger partial charge in [0.05, 0.1) is 0 Å². The lowest BCUT2D eigenvalue weighted by Crippen LogP contribution is -2.23. The topological polar surface area (TPSA) is 50.4 Å². The van der Waals surface area contributed by atoms with Crippen LogP contribution in [0.1, 0.15) is 23.1 Å². The number of rotatable bonds is 5. The van der Waals surface area contributed by atoms with Crippen molar-refractivity contribution in [1.82, 2.24) is 0 Å². The molecule has 0 unspecified atom stereocenters. The highest BCUT2D eigenvalue weighted by atomic mass is 19.1. The number of nitrogens with zero attached hydrogens (tertiary/aromatic N) is 1. The maximum Gasteiger partial charge on any atom is 0.193 e. The fourth-order valence-electron chi connectivity index (χ4n) is 2.47. The molecular weight excluding hydrogens is 296 g/mol. The van der Waals surface area contributed by atoms with Crippen molar-refractivity contribution >= 4 is 11.6 Å². The zero-order valence-electron chi connectivity index (χ0n) is 13.4. The Bertz CT molecular complexity index is 671. The van der Waals surface area contributed by atoms with Gasteiger partial charge in [-0.05, 0) is 67.6 Å². The summed E-state index contributed by atoms with van der Waals surface area (Å²) in [7, 11) is 0. The maximum absolute atomic E-state index is 13.1. The van der Waals surface area contributed by atoms with E-state index in [0.717, 1.165) is 22.9 Å². The van der Waals surface area contributed by atoms with Crippen LogP contribution in [0.25, 0.3) is 0 Å². The molecule has 0 saturated heterocycles. The van der Waals surface area contributed by atoms with Crippen LogP contribution >= 0.6 is 0 Å². The molecule has 3 N–H and O–H groups in total. The third-order valence-corrected chi connectivity index (χ3v) is 3.32. The highest BCUT2D eigenvalue weighted by molar-refractivity contribution is 5.92. The molecule has 0 aliphatic heterocycles. The van der Waals surface area contributed by atoms with E-state index >= 15 is 0 Å². The van der Waals surface area contributed by atoms with Crippen molar-refractivity contribution in [3.63, 3.8) is 0 Å². The quantitative estimate of drug-likeness (QED) is 0.498. The van der Waals surface area contributed by atoms with Crippen molar-refractivity contribution in [1.29, 1.82) is 0 Å². The first-order valence-corrected chi connectivity index (χ1v) is 7.52. The van der Waals surface area contributed by atoms with Gasteiger partial charge in [-0.2, -0.15) is 0 Å². The summed E-state index contributed by atoms with van der Waals surface area (Å²) < 4.78 is 26.2. The third-order valence-electron chi connectivity index (χ3n) is 3.32. The largest absolute Gasteiger partial charge is 0.370 e. The van der Waals surface area contributed by atoms with Crippen LogP contribution in [0.4, 0.5) is 14.5 Å². The van der Waals surface area contributed by atoms with E-state index in [1.807, 2.05) is 26.0 Å². The van der Waals surface area contributed by atoms with Gasteiger partial charge in [-0.25, -0.2) is 8.78 Å². The first-order chi connectivity index (χ1) is 10.9. The summed E-state index contributed by atoms with van der Waals surface area (Å²) in [5.41, 5.74) is 9.67. The van der Waals surface area contributed by atoms with Gasteiger partial charge in [-0.1, -0.05) is 6.07 Å². The standard InChI is InChI=1S/C18H21F2N3/c1-12-6-13(2)8-17(7-12)23-18(21)22-5-3-4-14-9-15(19)11-16(20)10-14/h6-11H,3-5H2,1-2H3,(H3,21,22,23). The number of aliphatic imine (C=N–C) groups is 1. The number of hydrogen-bond acceptors (Lipinski definition) is 1. The van der Waals surface area contributed by atoms with Crippen LogP contribution in [0, 0.1) is 25.5 Å². The van der Waals surface area contributed by atoms with Gasteiger partial charge in [0.15, 0.2) is 5.96 Å². The Morgan fingerprint density at radius 2 is 1.61 bits per heavy atom. The zero-order chi connectivity index (χ0) is 16.8. The van der Waals surface area contributed by atoms with E-state index in [2.05, 4.69) is 16.4 Å². The Balaban J connectivity index is 1.85. The summed E-state index contributed by atoms with van der Waals surface area (Å²) in [6.45, 7) is 4.52. The van der Waals surface area contributed by atoms with E-state index in [-0.39, 0.29) is 0 Å². The Hall–Kier alpha value is -2.43. The Kier molecular flexibility index (Phi) is 5.68. The molecule has 2 aromatic carbocycles. The molecule has 0 atom stereocenters. The monoisotopic (exact) mass is 317 g/mol. The molecule has 3 nitrogen and oxygen atoms in total. The summed E-state index contributed by atoms with van der Waals surface area (Å²) in [6, 6.07) is 9.60. The van der Waals surface area contributed by atoms with Crippen LogP contribution in [-0.2, 0) is 6.42 Å². The predicted molar refractivity (Wildman–Crippen MR) is 90.7 cm³/mol. The molecule has 2 rings (SSSR count). The lowest BCUT2D eigenvalue weighted by molar-refractivity contribution is 0.579. The maximum atomic E-state index is 13.1. The number of guanidine groups is 1. The first-order valence-electron chi connectivity index (χ1n) is 7.52. The molecule has 0 saturated carbocycles. The lowest BCUT2D eigenvalue weighted by Gasteiger charge is -2.08. The summed E-state index contributed by atoms with van der Waals surface area (Å²) in [6.07, 6.45) is 1.22. The van der Waals surface area contributed by atoms with Gasteiger partial charge in [0, 0.05) is 18.3 Å². The first kappa shape index (κ1) is 16.9. The molecule has 5 heteroatoms.